The van der Waals surface area contributed by atoms with Crippen LogP contribution in [0.3, 0.4) is 0 Å². The first-order valence-electron chi connectivity index (χ1n) is 5.09. The van der Waals surface area contributed by atoms with E-state index in [4.69, 9.17) is 4.74 Å². The lowest BCUT2D eigenvalue weighted by atomic mass is 10.3. The molecule has 0 aliphatic carbocycles. The van der Waals surface area contributed by atoms with Gasteiger partial charge in [-0.1, -0.05) is 13.8 Å². The molecule has 0 saturated heterocycles. The molecule has 0 amide bonds. The minimum atomic E-state index is 0.515. The molecule has 84 valence electrons. The SMILES string of the molecule is CC(C)NCCOCc1cncc(Br)c1. The average Bonchev–Trinajstić information content (AvgIpc) is 2.17. The molecule has 0 saturated carbocycles. The first-order chi connectivity index (χ1) is 7.18. The van der Waals surface area contributed by atoms with Crippen LogP contribution in [0, 0.1) is 0 Å². The van der Waals surface area contributed by atoms with Crippen LogP contribution in [0.2, 0.25) is 0 Å². The molecule has 0 atom stereocenters. The summed E-state index contributed by atoms with van der Waals surface area (Å²) in [5.41, 5.74) is 1.09. The number of nitrogens with zero attached hydrogens (tertiary/aromatic N) is 1. The summed E-state index contributed by atoms with van der Waals surface area (Å²) in [4.78, 5) is 4.07. The zero-order chi connectivity index (χ0) is 11.1. The molecule has 1 aromatic rings. The molecule has 0 spiro atoms. The Kier molecular flexibility index (Phi) is 5.83. The van der Waals surface area contributed by atoms with Crippen molar-refractivity contribution in [3.63, 3.8) is 0 Å². The molecule has 15 heavy (non-hydrogen) atoms. The molecular weight excluding hydrogens is 256 g/mol. The lowest BCUT2D eigenvalue weighted by molar-refractivity contribution is 0.121. The summed E-state index contributed by atoms with van der Waals surface area (Å²) in [6.07, 6.45) is 3.59. The number of hydrogen-bond acceptors (Lipinski definition) is 3. The molecule has 1 N–H and O–H groups in total. The number of pyridine rings is 1. The molecule has 0 bridgehead atoms. The van der Waals surface area contributed by atoms with Gasteiger partial charge in [-0.2, -0.15) is 0 Å². The topological polar surface area (TPSA) is 34.1 Å². The third-order valence-electron chi connectivity index (χ3n) is 1.83. The third kappa shape index (κ3) is 5.87. The summed E-state index contributed by atoms with van der Waals surface area (Å²) in [6, 6.07) is 2.53. The lowest BCUT2D eigenvalue weighted by Crippen LogP contribution is -2.26. The number of rotatable bonds is 6. The van der Waals surface area contributed by atoms with E-state index in [2.05, 4.69) is 40.1 Å². The lowest BCUT2D eigenvalue weighted by Gasteiger charge is -2.08. The van der Waals surface area contributed by atoms with Gasteiger partial charge in [0.25, 0.3) is 0 Å². The van der Waals surface area contributed by atoms with Gasteiger partial charge >= 0.3 is 0 Å². The maximum Gasteiger partial charge on any atom is 0.0732 e. The van der Waals surface area contributed by atoms with E-state index in [0.717, 1.165) is 23.2 Å². The van der Waals surface area contributed by atoms with E-state index in [1.165, 1.54) is 0 Å². The molecule has 3 nitrogen and oxygen atoms in total. The van der Waals surface area contributed by atoms with E-state index in [-0.39, 0.29) is 0 Å². The number of halogens is 1. The molecule has 0 unspecified atom stereocenters. The summed E-state index contributed by atoms with van der Waals surface area (Å²) in [5.74, 6) is 0. The van der Waals surface area contributed by atoms with Crippen molar-refractivity contribution >= 4 is 15.9 Å². The molecule has 4 heteroatoms. The van der Waals surface area contributed by atoms with Crippen molar-refractivity contribution in [2.75, 3.05) is 13.2 Å². The van der Waals surface area contributed by atoms with Crippen molar-refractivity contribution in [2.24, 2.45) is 0 Å². The zero-order valence-electron chi connectivity index (χ0n) is 9.16. The van der Waals surface area contributed by atoms with Gasteiger partial charge in [0.05, 0.1) is 13.2 Å². The summed E-state index contributed by atoms with van der Waals surface area (Å²) < 4.78 is 6.49. The van der Waals surface area contributed by atoms with E-state index < -0.39 is 0 Å². The van der Waals surface area contributed by atoms with Gasteiger partial charge in [-0.3, -0.25) is 4.98 Å². The van der Waals surface area contributed by atoms with Gasteiger partial charge in [0.1, 0.15) is 0 Å². The van der Waals surface area contributed by atoms with Gasteiger partial charge in [0.2, 0.25) is 0 Å². The smallest absolute Gasteiger partial charge is 0.0732 e. The molecule has 0 aliphatic heterocycles. The monoisotopic (exact) mass is 272 g/mol. The Hall–Kier alpha value is -0.450. The molecule has 0 aromatic carbocycles. The third-order valence-corrected chi connectivity index (χ3v) is 2.26. The average molecular weight is 273 g/mol. The van der Waals surface area contributed by atoms with Crippen LogP contribution in [-0.4, -0.2) is 24.2 Å². The predicted octanol–water partition coefficient (Wildman–Crippen LogP) is 2.36. The normalized spacial score (nSPS) is 10.9. The number of aromatic nitrogens is 1. The van der Waals surface area contributed by atoms with Gasteiger partial charge in [-0.15, -0.1) is 0 Å². The predicted molar refractivity (Wildman–Crippen MR) is 64.7 cm³/mol. The molecule has 0 fully saturated rings. The van der Waals surface area contributed by atoms with E-state index >= 15 is 0 Å². The van der Waals surface area contributed by atoms with Crippen LogP contribution >= 0.6 is 15.9 Å². The Morgan fingerprint density at radius 2 is 2.27 bits per heavy atom. The van der Waals surface area contributed by atoms with Crippen molar-refractivity contribution in [1.82, 2.24) is 10.3 Å². The van der Waals surface area contributed by atoms with Gasteiger partial charge < -0.3 is 10.1 Å². The molecule has 0 aliphatic rings. The van der Waals surface area contributed by atoms with E-state index in [0.29, 0.717) is 12.6 Å². The van der Waals surface area contributed by atoms with Crippen LogP contribution in [0.4, 0.5) is 0 Å². The Balaban J connectivity index is 2.15. The Bertz CT molecular complexity index is 292. The molecular formula is C11H17BrN2O. The zero-order valence-corrected chi connectivity index (χ0v) is 10.8. The van der Waals surface area contributed by atoms with Crippen LogP contribution in [0.25, 0.3) is 0 Å². The summed E-state index contributed by atoms with van der Waals surface area (Å²) >= 11 is 3.37. The highest BCUT2D eigenvalue weighted by Crippen LogP contribution is 2.09. The second-order valence-corrected chi connectivity index (χ2v) is 4.59. The standard InChI is InChI=1S/C11H17BrN2O/c1-9(2)14-3-4-15-8-10-5-11(12)7-13-6-10/h5-7,9,14H,3-4,8H2,1-2H3. The fourth-order valence-electron chi connectivity index (χ4n) is 1.14. The summed E-state index contributed by atoms with van der Waals surface area (Å²) in [6.45, 7) is 6.48. The van der Waals surface area contributed by atoms with E-state index in [9.17, 15) is 0 Å². The second kappa shape index (κ2) is 6.93. The summed E-state index contributed by atoms with van der Waals surface area (Å²) in [7, 11) is 0. The minimum absolute atomic E-state index is 0.515. The molecule has 1 rings (SSSR count). The van der Waals surface area contributed by atoms with E-state index in [1.54, 1.807) is 6.20 Å². The molecule has 0 radical (unpaired) electrons. The Labute approximate surface area is 99.4 Å². The second-order valence-electron chi connectivity index (χ2n) is 3.67. The van der Waals surface area contributed by atoms with Crippen molar-refractivity contribution in [3.05, 3.63) is 28.5 Å². The maximum absolute atomic E-state index is 5.50. The highest BCUT2D eigenvalue weighted by Gasteiger charge is 1.96. The highest BCUT2D eigenvalue weighted by molar-refractivity contribution is 9.10. The number of ether oxygens (including phenoxy) is 1. The van der Waals surface area contributed by atoms with Crippen LogP contribution in [0.1, 0.15) is 19.4 Å². The number of nitrogens with one attached hydrogen (secondary N) is 1. The number of hydrogen-bond donors (Lipinski definition) is 1. The highest BCUT2D eigenvalue weighted by atomic mass is 79.9. The molecule has 1 heterocycles. The first-order valence-corrected chi connectivity index (χ1v) is 5.88. The fraction of sp³-hybridized carbons (Fsp3) is 0.545. The van der Waals surface area contributed by atoms with Crippen LogP contribution in [0.15, 0.2) is 22.9 Å². The van der Waals surface area contributed by atoms with Gasteiger partial charge in [-0.25, -0.2) is 0 Å². The van der Waals surface area contributed by atoms with Crippen LogP contribution in [0.5, 0.6) is 0 Å². The fourth-order valence-corrected chi connectivity index (χ4v) is 1.56. The Morgan fingerprint density at radius 3 is 2.93 bits per heavy atom. The summed E-state index contributed by atoms with van der Waals surface area (Å²) in [5, 5.41) is 3.29. The first kappa shape index (κ1) is 12.6. The van der Waals surface area contributed by atoms with Gasteiger partial charge in [0, 0.05) is 29.5 Å². The quantitative estimate of drug-likeness (QED) is 0.808. The largest absolute Gasteiger partial charge is 0.375 e. The van der Waals surface area contributed by atoms with Gasteiger partial charge in [-0.05, 0) is 27.6 Å². The van der Waals surface area contributed by atoms with Crippen molar-refractivity contribution < 1.29 is 4.74 Å². The Morgan fingerprint density at radius 1 is 1.47 bits per heavy atom. The van der Waals surface area contributed by atoms with Crippen molar-refractivity contribution in [2.45, 2.75) is 26.5 Å². The van der Waals surface area contributed by atoms with E-state index in [1.807, 2.05) is 12.3 Å². The molecule has 1 aromatic heterocycles. The van der Waals surface area contributed by atoms with Crippen LogP contribution < -0.4 is 5.32 Å². The van der Waals surface area contributed by atoms with Crippen molar-refractivity contribution in [1.29, 1.82) is 0 Å². The van der Waals surface area contributed by atoms with Gasteiger partial charge in [0.15, 0.2) is 0 Å². The maximum atomic E-state index is 5.50. The minimum Gasteiger partial charge on any atom is -0.375 e. The van der Waals surface area contributed by atoms with Crippen molar-refractivity contribution in [3.8, 4) is 0 Å². The van der Waals surface area contributed by atoms with Crippen LogP contribution in [-0.2, 0) is 11.3 Å².